The number of para-hydroxylation sites is 1. The molecule has 0 unspecified atom stereocenters. The fourth-order valence-corrected chi connectivity index (χ4v) is 4.47. The maximum atomic E-state index is 14.3. The summed E-state index contributed by atoms with van der Waals surface area (Å²) < 4.78 is 45.1. The van der Waals surface area contributed by atoms with Crippen LogP contribution in [0.5, 0.6) is 5.75 Å². The molecule has 0 radical (unpaired) electrons. The number of carbonyl (C=O) groups excluding carboxylic acids is 1. The van der Waals surface area contributed by atoms with E-state index < -0.39 is 27.8 Å². The van der Waals surface area contributed by atoms with E-state index in [9.17, 15) is 17.6 Å². The molecule has 0 aliphatic carbocycles. The number of sulfonamides is 1. The molecule has 0 aliphatic rings. The predicted molar refractivity (Wildman–Crippen MR) is 117 cm³/mol. The SMILES string of the molecule is COc1ccc([C@H](CC(C)C)NC(=O)[C@H](C)N(c2ccccc2F)S(C)(=O)=O)cc1. The van der Waals surface area contributed by atoms with Crippen molar-refractivity contribution in [1.82, 2.24) is 5.32 Å². The zero-order chi connectivity index (χ0) is 22.5. The highest BCUT2D eigenvalue weighted by Gasteiger charge is 2.32. The van der Waals surface area contributed by atoms with Crippen LogP contribution < -0.4 is 14.4 Å². The Morgan fingerprint density at radius 2 is 1.70 bits per heavy atom. The van der Waals surface area contributed by atoms with E-state index in [1.54, 1.807) is 19.2 Å². The molecule has 0 saturated heterocycles. The first-order valence-corrected chi connectivity index (χ1v) is 11.6. The lowest BCUT2D eigenvalue weighted by molar-refractivity contribution is -0.122. The maximum Gasteiger partial charge on any atom is 0.244 e. The van der Waals surface area contributed by atoms with E-state index in [1.807, 2.05) is 26.0 Å². The van der Waals surface area contributed by atoms with Crippen molar-refractivity contribution in [3.05, 3.63) is 59.9 Å². The van der Waals surface area contributed by atoms with E-state index in [4.69, 9.17) is 4.74 Å². The number of hydrogen-bond acceptors (Lipinski definition) is 4. The number of nitrogens with one attached hydrogen (secondary N) is 1. The highest BCUT2D eigenvalue weighted by atomic mass is 32.2. The van der Waals surface area contributed by atoms with Gasteiger partial charge in [-0.05, 0) is 49.1 Å². The van der Waals surface area contributed by atoms with Crippen molar-refractivity contribution in [3.63, 3.8) is 0 Å². The molecule has 164 valence electrons. The van der Waals surface area contributed by atoms with Gasteiger partial charge in [0.05, 0.1) is 25.1 Å². The van der Waals surface area contributed by atoms with Crippen LogP contribution in [-0.2, 0) is 14.8 Å². The van der Waals surface area contributed by atoms with Gasteiger partial charge in [0, 0.05) is 0 Å². The molecule has 30 heavy (non-hydrogen) atoms. The van der Waals surface area contributed by atoms with Crippen molar-refractivity contribution in [2.45, 2.75) is 39.3 Å². The molecule has 2 aromatic rings. The van der Waals surface area contributed by atoms with Crippen molar-refractivity contribution in [2.75, 3.05) is 17.7 Å². The number of amides is 1. The zero-order valence-electron chi connectivity index (χ0n) is 17.9. The lowest BCUT2D eigenvalue weighted by Crippen LogP contribution is -2.49. The Balaban J connectivity index is 2.32. The molecule has 0 heterocycles. The molecule has 0 bridgehead atoms. The standard InChI is InChI=1S/C22H29FN2O4S/c1-15(2)14-20(17-10-12-18(29-4)13-11-17)24-22(26)16(3)25(30(5,27)28)21-9-7-6-8-19(21)23/h6-13,15-16,20H,14H2,1-5H3,(H,24,26)/t16-,20-/m0/s1. The summed E-state index contributed by atoms with van der Waals surface area (Å²) >= 11 is 0. The third kappa shape index (κ3) is 5.95. The highest BCUT2D eigenvalue weighted by Crippen LogP contribution is 2.27. The van der Waals surface area contributed by atoms with Crippen LogP contribution in [0.1, 0.15) is 38.8 Å². The van der Waals surface area contributed by atoms with Crippen molar-refractivity contribution < 1.29 is 22.3 Å². The molecule has 1 amide bonds. The molecule has 1 N–H and O–H groups in total. The summed E-state index contributed by atoms with van der Waals surface area (Å²) in [5.41, 5.74) is 0.717. The molecule has 2 aromatic carbocycles. The topological polar surface area (TPSA) is 75.7 Å². The molecule has 0 aromatic heterocycles. The Morgan fingerprint density at radius 3 is 2.20 bits per heavy atom. The number of carbonyl (C=O) groups is 1. The number of benzene rings is 2. The maximum absolute atomic E-state index is 14.3. The van der Waals surface area contributed by atoms with Gasteiger partial charge < -0.3 is 10.1 Å². The van der Waals surface area contributed by atoms with Gasteiger partial charge in [-0.1, -0.05) is 38.1 Å². The Labute approximate surface area is 178 Å². The number of nitrogens with zero attached hydrogens (tertiary/aromatic N) is 1. The van der Waals surface area contributed by atoms with E-state index in [1.165, 1.54) is 25.1 Å². The number of methoxy groups -OCH3 is 1. The second kappa shape index (κ2) is 9.93. The molecule has 0 saturated carbocycles. The van der Waals surface area contributed by atoms with Crippen LogP contribution in [0.2, 0.25) is 0 Å². The van der Waals surface area contributed by atoms with E-state index in [0.29, 0.717) is 12.2 Å². The second-order valence-corrected chi connectivity index (χ2v) is 9.51. The Morgan fingerprint density at radius 1 is 1.10 bits per heavy atom. The van der Waals surface area contributed by atoms with Crippen LogP contribution in [0.3, 0.4) is 0 Å². The smallest absolute Gasteiger partial charge is 0.244 e. The number of ether oxygens (including phenoxy) is 1. The summed E-state index contributed by atoms with van der Waals surface area (Å²) in [4.78, 5) is 13.0. The van der Waals surface area contributed by atoms with Gasteiger partial charge in [0.15, 0.2) is 0 Å². The van der Waals surface area contributed by atoms with Gasteiger partial charge in [-0.25, -0.2) is 12.8 Å². The summed E-state index contributed by atoms with van der Waals surface area (Å²) in [6.45, 7) is 5.52. The number of anilines is 1. The lowest BCUT2D eigenvalue weighted by atomic mass is 9.96. The largest absolute Gasteiger partial charge is 0.497 e. The summed E-state index contributed by atoms with van der Waals surface area (Å²) in [6.07, 6.45) is 1.61. The Kier molecular flexibility index (Phi) is 7.83. The lowest BCUT2D eigenvalue weighted by Gasteiger charge is -2.30. The number of halogens is 1. The summed E-state index contributed by atoms with van der Waals surface area (Å²) in [7, 11) is -2.33. The number of hydrogen-bond donors (Lipinski definition) is 1. The summed E-state index contributed by atoms with van der Waals surface area (Å²) in [6, 6.07) is 11.4. The fraction of sp³-hybridized carbons (Fsp3) is 0.409. The van der Waals surface area contributed by atoms with Gasteiger partial charge in [0.25, 0.3) is 0 Å². The van der Waals surface area contributed by atoms with Crippen LogP contribution in [-0.4, -0.2) is 33.7 Å². The van der Waals surface area contributed by atoms with Crippen LogP contribution in [0.4, 0.5) is 10.1 Å². The Hall–Kier alpha value is -2.61. The van der Waals surface area contributed by atoms with E-state index in [2.05, 4.69) is 5.32 Å². The average Bonchev–Trinajstić information content (AvgIpc) is 2.67. The second-order valence-electron chi connectivity index (χ2n) is 7.65. The van der Waals surface area contributed by atoms with Crippen LogP contribution >= 0.6 is 0 Å². The van der Waals surface area contributed by atoms with Gasteiger partial charge >= 0.3 is 0 Å². The molecule has 0 aliphatic heterocycles. The van der Waals surface area contributed by atoms with Gasteiger partial charge in [-0.2, -0.15) is 0 Å². The molecule has 6 nitrogen and oxygen atoms in total. The van der Waals surface area contributed by atoms with Crippen molar-refractivity contribution in [3.8, 4) is 5.75 Å². The Bertz CT molecular complexity index is 961. The third-order valence-electron chi connectivity index (χ3n) is 4.72. The normalized spacial score (nSPS) is 13.6. The molecule has 0 spiro atoms. The van der Waals surface area contributed by atoms with Crippen LogP contribution in [0, 0.1) is 11.7 Å². The minimum absolute atomic E-state index is 0.160. The monoisotopic (exact) mass is 436 g/mol. The number of rotatable bonds is 9. The van der Waals surface area contributed by atoms with E-state index in [-0.39, 0.29) is 17.6 Å². The first kappa shape index (κ1) is 23.7. The van der Waals surface area contributed by atoms with Crippen molar-refractivity contribution >= 4 is 21.6 Å². The summed E-state index contributed by atoms with van der Waals surface area (Å²) in [5.74, 6) is -0.239. The first-order chi connectivity index (χ1) is 14.0. The first-order valence-electron chi connectivity index (χ1n) is 9.72. The van der Waals surface area contributed by atoms with Gasteiger partial charge in [-0.15, -0.1) is 0 Å². The fourth-order valence-electron chi connectivity index (χ4n) is 3.29. The average molecular weight is 437 g/mol. The van der Waals surface area contributed by atoms with Gasteiger partial charge in [-0.3, -0.25) is 9.10 Å². The van der Waals surface area contributed by atoms with Crippen molar-refractivity contribution in [1.29, 1.82) is 0 Å². The minimum Gasteiger partial charge on any atom is -0.497 e. The molecule has 2 rings (SSSR count). The molecule has 8 heteroatoms. The van der Waals surface area contributed by atoms with Crippen molar-refractivity contribution in [2.24, 2.45) is 5.92 Å². The van der Waals surface area contributed by atoms with E-state index >= 15 is 0 Å². The van der Waals surface area contributed by atoms with Crippen LogP contribution in [0.15, 0.2) is 48.5 Å². The quantitative estimate of drug-likeness (QED) is 0.647. The van der Waals surface area contributed by atoms with Gasteiger partial charge in [0.2, 0.25) is 15.9 Å². The predicted octanol–water partition coefficient (Wildman–Crippen LogP) is 3.89. The minimum atomic E-state index is -3.90. The summed E-state index contributed by atoms with van der Waals surface area (Å²) in [5, 5.41) is 2.94. The van der Waals surface area contributed by atoms with E-state index in [0.717, 1.165) is 22.2 Å². The molecule has 2 atom stereocenters. The highest BCUT2D eigenvalue weighted by molar-refractivity contribution is 7.92. The zero-order valence-corrected chi connectivity index (χ0v) is 18.7. The van der Waals surface area contributed by atoms with Crippen LogP contribution in [0.25, 0.3) is 0 Å². The molecular weight excluding hydrogens is 407 g/mol. The molecular formula is C22H29FN2O4S. The van der Waals surface area contributed by atoms with Gasteiger partial charge in [0.1, 0.15) is 17.6 Å². The third-order valence-corrected chi connectivity index (χ3v) is 5.95. The molecule has 0 fully saturated rings.